The maximum absolute atomic E-state index is 11.7. The van der Waals surface area contributed by atoms with E-state index in [-0.39, 0.29) is 24.3 Å². The Morgan fingerprint density at radius 1 is 1.31 bits per heavy atom. The van der Waals surface area contributed by atoms with E-state index in [1.807, 2.05) is 20.8 Å². The molecule has 94 valence electrons. The lowest BCUT2D eigenvalue weighted by Crippen LogP contribution is -2.48. The normalized spacial score (nSPS) is 16.2. The molecule has 0 aromatic rings. The molecule has 16 heavy (non-hydrogen) atoms. The van der Waals surface area contributed by atoms with Crippen LogP contribution in [0.2, 0.25) is 0 Å². The van der Waals surface area contributed by atoms with Gasteiger partial charge in [0.1, 0.15) is 6.04 Å². The fraction of sp³-hybridized carbons (Fsp3) is 0.818. The highest BCUT2D eigenvalue weighted by Gasteiger charge is 2.27. The van der Waals surface area contributed by atoms with Crippen molar-refractivity contribution in [2.75, 3.05) is 6.54 Å². The summed E-state index contributed by atoms with van der Waals surface area (Å²) in [5.74, 6) is -1.64. The van der Waals surface area contributed by atoms with Crippen LogP contribution in [-0.4, -0.2) is 29.6 Å². The van der Waals surface area contributed by atoms with Gasteiger partial charge in [-0.2, -0.15) is 0 Å². The quantitative estimate of drug-likeness (QED) is 0.596. The lowest BCUT2D eigenvalue weighted by atomic mass is 9.97. The lowest BCUT2D eigenvalue weighted by Gasteiger charge is -2.22. The smallest absolute Gasteiger partial charge is 0.326 e. The van der Waals surface area contributed by atoms with Gasteiger partial charge < -0.3 is 16.2 Å². The van der Waals surface area contributed by atoms with E-state index in [9.17, 15) is 9.59 Å². The Bertz CT molecular complexity index is 239. The van der Waals surface area contributed by atoms with E-state index >= 15 is 0 Å². The molecule has 0 aromatic heterocycles. The van der Waals surface area contributed by atoms with Crippen molar-refractivity contribution in [3.8, 4) is 0 Å². The zero-order chi connectivity index (χ0) is 12.7. The highest BCUT2D eigenvalue weighted by Crippen LogP contribution is 2.09. The van der Waals surface area contributed by atoms with Crippen molar-refractivity contribution in [2.45, 2.75) is 39.7 Å². The molecule has 0 saturated carbocycles. The largest absolute Gasteiger partial charge is 0.480 e. The Morgan fingerprint density at radius 3 is 2.19 bits per heavy atom. The first-order valence-corrected chi connectivity index (χ1v) is 5.71. The lowest BCUT2D eigenvalue weighted by molar-refractivity contribution is -0.144. The van der Waals surface area contributed by atoms with Gasteiger partial charge in [0.15, 0.2) is 0 Å². The van der Waals surface area contributed by atoms with Crippen molar-refractivity contribution in [3.63, 3.8) is 0 Å². The second-order valence-electron chi connectivity index (χ2n) is 4.05. The standard InChI is InChI=1S/C11H22N2O3/c1-4-7(3)9(11(15)16)13-10(14)8(5-2)6-12/h7-9H,4-6,12H2,1-3H3,(H,13,14)(H,15,16). The van der Waals surface area contributed by atoms with Gasteiger partial charge in [-0.3, -0.25) is 4.79 Å². The number of nitrogens with two attached hydrogens (primary N) is 1. The van der Waals surface area contributed by atoms with E-state index in [0.29, 0.717) is 12.8 Å². The summed E-state index contributed by atoms with van der Waals surface area (Å²) >= 11 is 0. The molecule has 0 aliphatic rings. The van der Waals surface area contributed by atoms with Gasteiger partial charge in [0.05, 0.1) is 0 Å². The molecule has 0 spiro atoms. The van der Waals surface area contributed by atoms with Gasteiger partial charge in [0, 0.05) is 12.5 Å². The Hall–Kier alpha value is -1.10. The van der Waals surface area contributed by atoms with Crippen LogP contribution in [0.25, 0.3) is 0 Å². The Morgan fingerprint density at radius 2 is 1.88 bits per heavy atom. The molecule has 0 aliphatic carbocycles. The number of amides is 1. The van der Waals surface area contributed by atoms with E-state index in [4.69, 9.17) is 10.8 Å². The van der Waals surface area contributed by atoms with Crippen LogP contribution in [0.4, 0.5) is 0 Å². The van der Waals surface area contributed by atoms with Crippen LogP contribution in [0.3, 0.4) is 0 Å². The second kappa shape index (κ2) is 7.22. The molecule has 5 nitrogen and oxygen atoms in total. The zero-order valence-electron chi connectivity index (χ0n) is 10.2. The van der Waals surface area contributed by atoms with E-state index < -0.39 is 12.0 Å². The Labute approximate surface area is 96.4 Å². The summed E-state index contributed by atoms with van der Waals surface area (Å²) in [4.78, 5) is 22.7. The summed E-state index contributed by atoms with van der Waals surface area (Å²) in [7, 11) is 0. The fourth-order valence-corrected chi connectivity index (χ4v) is 1.41. The van der Waals surface area contributed by atoms with Crippen LogP contribution in [0, 0.1) is 11.8 Å². The topological polar surface area (TPSA) is 92.4 Å². The number of carbonyl (C=O) groups is 2. The molecule has 0 bridgehead atoms. The average molecular weight is 230 g/mol. The van der Waals surface area contributed by atoms with Gasteiger partial charge in [-0.05, 0) is 12.3 Å². The summed E-state index contributed by atoms with van der Waals surface area (Å²) in [6, 6.07) is -0.821. The molecule has 3 unspecified atom stereocenters. The van der Waals surface area contributed by atoms with E-state index in [1.165, 1.54) is 0 Å². The molecule has 0 saturated heterocycles. The Kier molecular flexibility index (Phi) is 6.72. The second-order valence-corrected chi connectivity index (χ2v) is 4.05. The van der Waals surface area contributed by atoms with Gasteiger partial charge in [-0.25, -0.2) is 4.79 Å². The van der Waals surface area contributed by atoms with E-state index in [0.717, 1.165) is 0 Å². The van der Waals surface area contributed by atoms with Crippen LogP contribution in [0.15, 0.2) is 0 Å². The summed E-state index contributed by atoms with van der Waals surface area (Å²) < 4.78 is 0. The fourth-order valence-electron chi connectivity index (χ4n) is 1.41. The van der Waals surface area contributed by atoms with Crippen LogP contribution in [-0.2, 0) is 9.59 Å². The summed E-state index contributed by atoms with van der Waals surface area (Å²) in [6.07, 6.45) is 1.33. The SMILES string of the molecule is CCC(CN)C(=O)NC(C(=O)O)C(C)CC. The van der Waals surface area contributed by atoms with Gasteiger partial charge >= 0.3 is 5.97 Å². The molecule has 0 aliphatic heterocycles. The highest BCUT2D eigenvalue weighted by molar-refractivity contribution is 5.85. The number of rotatable bonds is 7. The van der Waals surface area contributed by atoms with Crippen molar-refractivity contribution in [3.05, 3.63) is 0 Å². The van der Waals surface area contributed by atoms with Crippen LogP contribution >= 0.6 is 0 Å². The summed E-state index contributed by atoms with van der Waals surface area (Å²) in [6.45, 7) is 5.81. The molecule has 5 heteroatoms. The molecule has 0 rings (SSSR count). The monoisotopic (exact) mass is 230 g/mol. The zero-order valence-corrected chi connectivity index (χ0v) is 10.2. The minimum Gasteiger partial charge on any atom is -0.480 e. The third-order valence-corrected chi connectivity index (χ3v) is 2.92. The first-order valence-electron chi connectivity index (χ1n) is 5.71. The van der Waals surface area contributed by atoms with Gasteiger partial charge in [0.2, 0.25) is 5.91 Å². The van der Waals surface area contributed by atoms with Gasteiger partial charge in [-0.15, -0.1) is 0 Å². The predicted octanol–water partition coefficient (Wildman–Crippen LogP) is 0.587. The number of carboxylic acid groups (broad SMARTS) is 1. The van der Waals surface area contributed by atoms with Crippen molar-refractivity contribution in [2.24, 2.45) is 17.6 Å². The first kappa shape index (κ1) is 14.9. The molecule has 0 aromatic carbocycles. The van der Waals surface area contributed by atoms with Crippen molar-refractivity contribution in [1.82, 2.24) is 5.32 Å². The number of nitrogens with one attached hydrogen (secondary N) is 1. The molecule has 1 amide bonds. The third kappa shape index (κ3) is 4.18. The summed E-state index contributed by atoms with van der Waals surface area (Å²) in [5.41, 5.74) is 5.44. The minimum absolute atomic E-state index is 0.0864. The number of carbonyl (C=O) groups excluding carboxylic acids is 1. The maximum Gasteiger partial charge on any atom is 0.326 e. The predicted molar refractivity (Wildman–Crippen MR) is 61.9 cm³/mol. The maximum atomic E-state index is 11.7. The van der Waals surface area contributed by atoms with Crippen LogP contribution in [0.5, 0.6) is 0 Å². The van der Waals surface area contributed by atoms with E-state index in [2.05, 4.69) is 5.32 Å². The number of hydrogen-bond acceptors (Lipinski definition) is 3. The van der Waals surface area contributed by atoms with E-state index in [1.54, 1.807) is 0 Å². The van der Waals surface area contributed by atoms with Crippen LogP contribution in [0.1, 0.15) is 33.6 Å². The molecular weight excluding hydrogens is 208 g/mol. The third-order valence-electron chi connectivity index (χ3n) is 2.92. The number of hydrogen-bond donors (Lipinski definition) is 3. The molecular formula is C11H22N2O3. The summed E-state index contributed by atoms with van der Waals surface area (Å²) in [5, 5.41) is 11.6. The van der Waals surface area contributed by atoms with Gasteiger partial charge in [-0.1, -0.05) is 27.2 Å². The molecule has 0 fully saturated rings. The van der Waals surface area contributed by atoms with Crippen molar-refractivity contribution < 1.29 is 14.7 Å². The van der Waals surface area contributed by atoms with Crippen LogP contribution < -0.4 is 11.1 Å². The molecule has 0 radical (unpaired) electrons. The van der Waals surface area contributed by atoms with Crippen molar-refractivity contribution >= 4 is 11.9 Å². The minimum atomic E-state index is -0.991. The average Bonchev–Trinajstić information content (AvgIpc) is 2.26. The number of aliphatic carboxylic acids is 1. The first-order chi connectivity index (χ1) is 7.47. The number of carboxylic acids is 1. The molecule has 4 N–H and O–H groups in total. The highest BCUT2D eigenvalue weighted by atomic mass is 16.4. The van der Waals surface area contributed by atoms with Gasteiger partial charge in [0.25, 0.3) is 0 Å². The molecule has 3 atom stereocenters. The molecule has 0 heterocycles. The van der Waals surface area contributed by atoms with Crippen molar-refractivity contribution in [1.29, 1.82) is 0 Å². The Balaban J connectivity index is 4.51.